The lowest BCUT2D eigenvalue weighted by Gasteiger charge is -2.07. The number of rotatable bonds is 8. The third kappa shape index (κ3) is 5.89. The van der Waals surface area contributed by atoms with E-state index >= 15 is 0 Å². The number of methoxy groups -OCH3 is 1. The third-order valence-electron chi connectivity index (χ3n) is 3.48. The Hall–Kier alpha value is -2.93. The van der Waals surface area contributed by atoms with Gasteiger partial charge in [-0.05, 0) is 36.2 Å². The van der Waals surface area contributed by atoms with Crippen LogP contribution >= 0.6 is 0 Å². The second-order valence-corrected chi connectivity index (χ2v) is 5.35. The Kier molecular flexibility index (Phi) is 6.91. The molecule has 0 aliphatic rings. The summed E-state index contributed by atoms with van der Waals surface area (Å²) in [6.45, 7) is 1.23. The number of benzene rings is 1. The number of hydrogen-bond donors (Lipinski definition) is 3. The van der Waals surface area contributed by atoms with E-state index in [0.717, 1.165) is 5.56 Å². The van der Waals surface area contributed by atoms with Crippen LogP contribution in [0.4, 0.5) is 0 Å². The number of aromatic nitrogens is 1. The lowest BCUT2D eigenvalue weighted by atomic mass is 10.1. The molecule has 0 aliphatic heterocycles. The van der Waals surface area contributed by atoms with E-state index in [2.05, 4.69) is 15.6 Å². The summed E-state index contributed by atoms with van der Waals surface area (Å²) in [4.78, 5) is 28.1. The molecule has 0 spiro atoms. The molecule has 0 radical (unpaired) electrons. The molecule has 0 atom stereocenters. The van der Waals surface area contributed by atoms with Crippen molar-refractivity contribution in [1.29, 1.82) is 0 Å². The minimum atomic E-state index is -0.351. The molecular weight excluding hydrogens is 322 g/mol. The van der Waals surface area contributed by atoms with Gasteiger partial charge in [0.25, 0.3) is 11.8 Å². The fourth-order valence-electron chi connectivity index (χ4n) is 2.14. The number of hydrogen-bond acceptors (Lipinski definition) is 5. The topological polar surface area (TPSA) is 101 Å². The Labute approximate surface area is 146 Å². The van der Waals surface area contributed by atoms with Gasteiger partial charge in [0.2, 0.25) is 0 Å². The Morgan fingerprint density at radius 2 is 1.80 bits per heavy atom. The Balaban J connectivity index is 1.87. The van der Waals surface area contributed by atoms with Crippen molar-refractivity contribution in [3.63, 3.8) is 0 Å². The standard InChI is InChI=1S/C18H21N3O4/c1-25-11-10-21-18(24)16-12-14(7-9-19-16)17(23)20-8-6-13-2-4-15(22)5-3-13/h2-5,7,9,12,22H,6,8,10-11H2,1H3,(H,20,23)(H,21,24). The van der Waals surface area contributed by atoms with Gasteiger partial charge in [0.05, 0.1) is 6.61 Å². The Bertz CT molecular complexity index is 717. The average Bonchev–Trinajstić information content (AvgIpc) is 2.63. The molecule has 0 bridgehead atoms. The van der Waals surface area contributed by atoms with Crippen molar-refractivity contribution in [3.8, 4) is 5.75 Å². The SMILES string of the molecule is COCCNC(=O)c1cc(C(=O)NCCc2ccc(O)cc2)ccn1. The molecule has 7 heteroatoms. The normalized spacial score (nSPS) is 10.3. The molecule has 2 amide bonds. The van der Waals surface area contributed by atoms with E-state index in [9.17, 15) is 14.7 Å². The van der Waals surface area contributed by atoms with E-state index in [1.165, 1.54) is 12.3 Å². The number of pyridine rings is 1. The van der Waals surface area contributed by atoms with E-state index in [1.54, 1.807) is 37.4 Å². The van der Waals surface area contributed by atoms with Crippen molar-refractivity contribution in [2.75, 3.05) is 26.8 Å². The fourth-order valence-corrected chi connectivity index (χ4v) is 2.14. The van der Waals surface area contributed by atoms with Crippen LogP contribution in [0.25, 0.3) is 0 Å². The second-order valence-electron chi connectivity index (χ2n) is 5.35. The average molecular weight is 343 g/mol. The summed E-state index contributed by atoms with van der Waals surface area (Å²) in [6, 6.07) is 9.83. The predicted octanol–water partition coefficient (Wildman–Crippen LogP) is 1.14. The van der Waals surface area contributed by atoms with Gasteiger partial charge in [-0.15, -0.1) is 0 Å². The van der Waals surface area contributed by atoms with Crippen molar-refractivity contribution in [2.24, 2.45) is 0 Å². The third-order valence-corrected chi connectivity index (χ3v) is 3.48. The van der Waals surface area contributed by atoms with E-state index < -0.39 is 0 Å². The van der Waals surface area contributed by atoms with Gasteiger partial charge in [0, 0.05) is 32.0 Å². The van der Waals surface area contributed by atoms with Crippen LogP contribution in [0.15, 0.2) is 42.6 Å². The van der Waals surface area contributed by atoms with Gasteiger partial charge in [0.1, 0.15) is 11.4 Å². The van der Waals surface area contributed by atoms with Crippen molar-refractivity contribution in [1.82, 2.24) is 15.6 Å². The zero-order chi connectivity index (χ0) is 18.1. The number of phenolic OH excluding ortho intramolecular Hbond substituents is 1. The summed E-state index contributed by atoms with van der Waals surface area (Å²) in [6.07, 6.45) is 2.07. The van der Waals surface area contributed by atoms with Crippen molar-refractivity contribution in [3.05, 3.63) is 59.4 Å². The summed E-state index contributed by atoms with van der Waals surface area (Å²) >= 11 is 0. The fraction of sp³-hybridized carbons (Fsp3) is 0.278. The summed E-state index contributed by atoms with van der Waals surface area (Å²) in [5.74, 6) is -0.413. The molecule has 0 unspecified atom stereocenters. The molecule has 0 saturated heterocycles. The Morgan fingerprint density at radius 3 is 2.52 bits per heavy atom. The van der Waals surface area contributed by atoms with Crippen LogP contribution in [0.2, 0.25) is 0 Å². The predicted molar refractivity (Wildman–Crippen MR) is 92.6 cm³/mol. The maximum absolute atomic E-state index is 12.2. The first-order chi connectivity index (χ1) is 12.1. The molecule has 1 heterocycles. The second kappa shape index (κ2) is 9.39. The van der Waals surface area contributed by atoms with Gasteiger partial charge in [-0.2, -0.15) is 0 Å². The van der Waals surface area contributed by atoms with Gasteiger partial charge < -0.3 is 20.5 Å². The summed E-state index contributed by atoms with van der Waals surface area (Å²) < 4.78 is 4.86. The minimum absolute atomic E-state index is 0.183. The van der Waals surface area contributed by atoms with E-state index in [-0.39, 0.29) is 23.3 Å². The molecule has 132 valence electrons. The van der Waals surface area contributed by atoms with Gasteiger partial charge in [-0.1, -0.05) is 12.1 Å². The molecule has 1 aromatic carbocycles. The number of phenols is 1. The molecule has 2 rings (SSSR count). The van der Waals surface area contributed by atoms with Gasteiger partial charge in [0.15, 0.2) is 0 Å². The van der Waals surface area contributed by atoms with Crippen LogP contribution in [0.5, 0.6) is 5.75 Å². The lowest BCUT2D eigenvalue weighted by Crippen LogP contribution is -2.29. The van der Waals surface area contributed by atoms with E-state index in [4.69, 9.17) is 4.74 Å². The molecule has 3 N–H and O–H groups in total. The summed E-state index contributed by atoms with van der Waals surface area (Å²) in [5.41, 5.74) is 1.56. The first kappa shape index (κ1) is 18.4. The molecule has 2 aromatic rings. The van der Waals surface area contributed by atoms with Crippen molar-refractivity contribution >= 4 is 11.8 Å². The maximum Gasteiger partial charge on any atom is 0.269 e. The van der Waals surface area contributed by atoms with Crippen LogP contribution in [-0.4, -0.2) is 48.7 Å². The molecule has 0 fully saturated rings. The quantitative estimate of drug-likeness (QED) is 0.624. The van der Waals surface area contributed by atoms with Gasteiger partial charge in [-0.3, -0.25) is 14.6 Å². The first-order valence-electron chi connectivity index (χ1n) is 7.89. The number of nitrogens with one attached hydrogen (secondary N) is 2. The summed E-state index contributed by atoms with van der Waals surface area (Å²) in [7, 11) is 1.55. The largest absolute Gasteiger partial charge is 0.508 e. The number of ether oxygens (including phenoxy) is 1. The number of carbonyl (C=O) groups excluding carboxylic acids is 2. The van der Waals surface area contributed by atoms with Crippen LogP contribution in [0.1, 0.15) is 26.4 Å². The highest BCUT2D eigenvalue weighted by atomic mass is 16.5. The van der Waals surface area contributed by atoms with Crippen LogP contribution in [-0.2, 0) is 11.2 Å². The highest BCUT2D eigenvalue weighted by molar-refractivity contribution is 5.98. The summed E-state index contributed by atoms with van der Waals surface area (Å²) in [5, 5.41) is 14.7. The highest BCUT2D eigenvalue weighted by Gasteiger charge is 2.11. The zero-order valence-corrected chi connectivity index (χ0v) is 14.0. The van der Waals surface area contributed by atoms with Crippen molar-refractivity contribution < 1.29 is 19.4 Å². The molecule has 0 saturated carbocycles. The lowest BCUT2D eigenvalue weighted by molar-refractivity contribution is 0.0932. The van der Waals surface area contributed by atoms with Crippen LogP contribution in [0, 0.1) is 0 Å². The van der Waals surface area contributed by atoms with E-state index in [1.807, 2.05) is 0 Å². The number of amides is 2. The van der Waals surface area contributed by atoms with Crippen LogP contribution < -0.4 is 10.6 Å². The smallest absolute Gasteiger partial charge is 0.269 e. The van der Waals surface area contributed by atoms with Gasteiger partial charge in [-0.25, -0.2) is 0 Å². The monoisotopic (exact) mass is 343 g/mol. The van der Waals surface area contributed by atoms with E-state index in [0.29, 0.717) is 31.7 Å². The molecular formula is C18H21N3O4. The number of aromatic hydroxyl groups is 1. The molecule has 25 heavy (non-hydrogen) atoms. The highest BCUT2D eigenvalue weighted by Crippen LogP contribution is 2.09. The minimum Gasteiger partial charge on any atom is -0.508 e. The van der Waals surface area contributed by atoms with Crippen molar-refractivity contribution in [2.45, 2.75) is 6.42 Å². The maximum atomic E-state index is 12.2. The van der Waals surface area contributed by atoms with Gasteiger partial charge >= 0.3 is 0 Å². The number of carbonyl (C=O) groups is 2. The Morgan fingerprint density at radius 1 is 1.08 bits per heavy atom. The molecule has 0 aliphatic carbocycles. The first-order valence-corrected chi connectivity index (χ1v) is 7.89. The van der Waals surface area contributed by atoms with Crippen LogP contribution in [0.3, 0.4) is 0 Å². The zero-order valence-electron chi connectivity index (χ0n) is 14.0. The molecule has 7 nitrogen and oxygen atoms in total. The molecule has 1 aromatic heterocycles. The number of nitrogens with zero attached hydrogens (tertiary/aromatic N) is 1.